The van der Waals surface area contributed by atoms with E-state index in [1.165, 1.54) is 0 Å². The predicted molar refractivity (Wildman–Crippen MR) is 103 cm³/mol. The molecule has 1 unspecified atom stereocenters. The molecule has 0 saturated carbocycles. The highest BCUT2D eigenvalue weighted by Gasteiger charge is 2.49. The number of amides is 3. The van der Waals surface area contributed by atoms with Crippen LogP contribution in [0.25, 0.3) is 0 Å². The zero-order chi connectivity index (χ0) is 18.3. The molecule has 26 heavy (non-hydrogen) atoms. The summed E-state index contributed by atoms with van der Waals surface area (Å²) in [6.07, 6.45) is 2.50. The number of carbonyl (C=O) groups excluding carboxylic acids is 2. The summed E-state index contributed by atoms with van der Waals surface area (Å²) in [4.78, 5) is 32.5. The number of hydrogen-bond donors (Lipinski definition) is 1. The van der Waals surface area contributed by atoms with Gasteiger partial charge in [0.2, 0.25) is 5.91 Å². The van der Waals surface area contributed by atoms with Crippen molar-refractivity contribution in [2.24, 2.45) is 0 Å². The van der Waals surface area contributed by atoms with E-state index in [1.54, 1.807) is 24.1 Å². The van der Waals surface area contributed by atoms with Gasteiger partial charge in [0.25, 0.3) is 0 Å². The molecule has 6 nitrogen and oxygen atoms in total. The van der Waals surface area contributed by atoms with E-state index in [4.69, 9.17) is 0 Å². The summed E-state index contributed by atoms with van der Waals surface area (Å²) in [6.45, 7) is 3.51. The number of likely N-dealkylation sites (tertiary alicyclic amines) is 1. The molecule has 1 fully saturated rings. The Kier molecular flexibility index (Phi) is 4.19. The van der Waals surface area contributed by atoms with Crippen LogP contribution in [0.1, 0.15) is 18.9 Å². The van der Waals surface area contributed by atoms with Crippen molar-refractivity contribution in [3.63, 3.8) is 0 Å². The van der Waals surface area contributed by atoms with Gasteiger partial charge >= 0.3 is 6.03 Å². The fourth-order valence-electron chi connectivity index (χ4n) is 3.93. The number of fused-ring (bicyclic) bond motifs is 2. The van der Waals surface area contributed by atoms with E-state index in [0.717, 1.165) is 28.7 Å². The van der Waals surface area contributed by atoms with Gasteiger partial charge in [0.15, 0.2) is 0 Å². The highest BCUT2D eigenvalue weighted by Crippen LogP contribution is 2.47. The molecule has 3 heterocycles. The zero-order valence-electron chi connectivity index (χ0n) is 14.4. The smallest absolute Gasteiger partial charge is 0.327 e. The molecule has 2 aromatic rings. The van der Waals surface area contributed by atoms with Crippen LogP contribution in [0.4, 0.5) is 16.3 Å². The first-order valence-corrected chi connectivity index (χ1v) is 9.33. The monoisotopic (exact) mass is 414 g/mol. The first kappa shape index (κ1) is 17.0. The first-order valence-electron chi connectivity index (χ1n) is 8.54. The number of urea groups is 1. The van der Waals surface area contributed by atoms with Gasteiger partial charge in [-0.1, -0.05) is 22.0 Å². The number of carbonyl (C=O) groups is 2. The SMILES string of the molecule is CC(=O)N1CCC2(C1)CN(C(=O)Nc1ccccn1)c1ccc(Br)cc12. The average molecular weight is 415 g/mol. The van der Waals surface area contributed by atoms with Crippen molar-refractivity contribution in [1.82, 2.24) is 9.88 Å². The molecule has 0 radical (unpaired) electrons. The molecule has 1 aromatic carbocycles. The Labute approximate surface area is 160 Å². The number of pyridine rings is 1. The van der Waals surface area contributed by atoms with E-state index in [-0.39, 0.29) is 17.4 Å². The van der Waals surface area contributed by atoms with Crippen molar-refractivity contribution < 1.29 is 9.59 Å². The van der Waals surface area contributed by atoms with Gasteiger partial charge in [-0.2, -0.15) is 0 Å². The topological polar surface area (TPSA) is 65.5 Å². The van der Waals surface area contributed by atoms with Crippen LogP contribution in [-0.2, 0) is 10.2 Å². The summed E-state index contributed by atoms with van der Waals surface area (Å²) in [6, 6.07) is 11.2. The van der Waals surface area contributed by atoms with Crippen LogP contribution in [0.5, 0.6) is 0 Å². The highest BCUT2D eigenvalue weighted by molar-refractivity contribution is 9.10. The number of nitrogens with zero attached hydrogens (tertiary/aromatic N) is 3. The van der Waals surface area contributed by atoms with Gasteiger partial charge in [-0.15, -0.1) is 0 Å². The Bertz CT molecular complexity index is 873. The van der Waals surface area contributed by atoms with Crippen molar-refractivity contribution in [2.75, 3.05) is 29.9 Å². The van der Waals surface area contributed by atoms with E-state index in [1.807, 2.05) is 29.2 Å². The molecular formula is C19H19BrN4O2. The normalized spacial score (nSPS) is 21.2. The lowest BCUT2D eigenvalue weighted by Gasteiger charge is -2.25. The fourth-order valence-corrected chi connectivity index (χ4v) is 4.29. The minimum absolute atomic E-state index is 0.0785. The molecule has 3 amide bonds. The molecular weight excluding hydrogens is 396 g/mol. The van der Waals surface area contributed by atoms with Gasteiger partial charge in [0, 0.05) is 48.3 Å². The third-order valence-electron chi connectivity index (χ3n) is 5.23. The summed E-state index contributed by atoms with van der Waals surface area (Å²) in [5.74, 6) is 0.601. The predicted octanol–water partition coefficient (Wildman–Crippen LogP) is 3.39. The second-order valence-electron chi connectivity index (χ2n) is 6.86. The number of rotatable bonds is 1. The maximum Gasteiger partial charge on any atom is 0.327 e. The molecule has 2 aliphatic heterocycles. The van der Waals surface area contributed by atoms with Crippen LogP contribution in [0, 0.1) is 0 Å². The maximum absolute atomic E-state index is 12.9. The van der Waals surface area contributed by atoms with Crippen LogP contribution in [-0.4, -0.2) is 41.5 Å². The molecule has 134 valence electrons. The van der Waals surface area contributed by atoms with Crippen LogP contribution in [0.15, 0.2) is 47.1 Å². The van der Waals surface area contributed by atoms with Gasteiger partial charge in [0.1, 0.15) is 5.82 Å². The van der Waals surface area contributed by atoms with E-state index >= 15 is 0 Å². The Morgan fingerprint density at radius 3 is 2.77 bits per heavy atom. The maximum atomic E-state index is 12.9. The van der Waals surface area contributed by atoms with Crippen LogP contribution >= 0.6 is 15.9 Å². The lowest BCUT2D eigenvalue weighted by molar-refractivity contribution is -0.127. The lowest BCUT2D eigenvalue weighted by atomic mass is 9.81. The molecule has 0 bridgehead atoms. The van der Waals surface area contributed by atoms with Gasteiger partial charge in [-0.05, 0) is 42.3 Å². The molecule has 1 aromatic heterocycles. The van der Waals surface area contributed by atoms with Crippen molar-refractivity contribution in [2.45, 2.75) is 18.8 Å². The van der Waals surface area contributed by atoms with E-state index in [2.05, 4.69) is 32.3 Å². The number of nitrogens with one attached hydrogen (secondary N) is 1. The Morgan fingerprint density at radius 1 is 1.23 bits per heavy atom. The summed E-state index contributed by atoms with van der Waals surface area (Å²) in [5, 5.41) is 2.86. The second kappa shape index (κ2) is 6.39. The summed E-state index contributed by atoms with van der Waals surface area (Å²) in [5.41, 5.74) is 1.80. The Morgan fingerprint density at radius 2 is 2.08 bits per heavy atom. The minimum Gasteiger partial charge on any atom is -0.342 e. The number of halogens is 1. The molecule has 4 rings (SSSR count). The van der Waals surface area contributed by atoms with Crippen LogP contribution < -0.4 is 10.2 Å². The summed E-state index contributed by atoms with van der Waals surface area (Å²) in [7, 11) is 0. The van der Waals surface area contributed by atoms with Crippen molar-refractivity contribution in [3.8, 4) is 0 Å². The van der Waals surface area contributed by atoms with Crippen molar-refractivity contribution >= 4 is 39.4 Å². The number of hydrogen-bond acceptors (Lipinski definition) is 3. The largest absolute Gasteiger partial charge is 0.342 e. The number of aromatic nitrogens is 1. The minimum atomic E-state index is -0.216. The summed E-state index contributed by atoms with van der Waals surface area (Å²) < 4.78 is 0.976. The third-order valence-corrected chi connectivity index (χ3v) is 5.72. The summed E-state index contributed by atoms with van der Waals surface area (Å²) >= 11 is 3.54. The van der Waals surface area contributed by atoms with Gasteiger partial charge in [0.05, 0.1) is 0 Å². The van der Waals surface area contributed by atoms with Gasteiger partial charge < -0.3 is 4.90 Å². The lowest BCUT2D eigenvalue weighted by Crippen LogP contribution is -2.41. The van der Waals surface area contributed by atoms with Crippen LogP contribution in [0.3, 0.4) is 0 Å². The first-order chi connectivity index (χ1) is 12.5. The molecule has 7 heteroatoms. The average Bonchev–Trinajstić information content (AvgIpc) is 3.19. The van der Waals surface area contributed by atoms with E-state index in [0.29, 0.717) is 18.9 Å². The number of benzene rings is 1. The quantitative estimate of drug-likeness (QED) is 0.777. The third kappa shape index (κ3) is 2.86. The molecule has 0 aliphatic carbocycles. The van der Waals surface area contributed by atoms with Gasteiger partial charge in [-0.3, -0.25) is 15.0 Å². The molecule has 2 aliphatic rings. The molecule has 1 atom stereocenters. The van der Waals surface area contributed by atoms with Crippen LogP contribution in [0.2, 0.25) is 0 Å². The van der Waals surface area contributed by atoms with E-state index < -0.39 is 0 Å². The molecule has 1 N–H and O–H groups in total. The molecule has 1 spiro atoms. The molecule has 1 saturated heterocycles. The second-order valence-corrected chi connectivity index (χ2v) is 7.78. The van der Waals surface area contributed by atoms with E-state index in [9.17, 15) is 9.59 Å². The van der Waals surface area contributed by atoms with Crippen molar-refractivity contribution in [1.29, 1.82) is 0 Å². The Hall–Kier alpha value is -2.41. The highest BCUT2D eigenvalue weighted by atomic mass is 79.9. The fraction of sp³-hybridized carbons (Fsp3) is 0.316. The number of anilines is 2. The van der Waals surface area contributed by atoms with Gasteiger partial charge in [-0.25, -0.2) is 9.78 Å². The Balaban J connectivity index is 1.66. The standard InChI is InChI=1S/C19H19BrN4O2/c1-13(25)23-9-7-19(11-23)12-24(16-6-5-14(20)10-15(16)19)18(26)22-17-4-2-3-8-21-17/h2-6,8,10H,7,9,11-12H2,1H3,(H,21,22,26). The zero-order valence-corrected chi connectivity index (χ0v) is 16.0. The van der Waals surface area contributed by atoms with Crippen molar-refractivity contribution in [3.05, 3.63) is 52.6 Å².